The van der Waals surface area contributed by atoms with E-state index in [-0.39, 0.29) is 6.04 Å². The summed E-state index contributed by atoms with van der Waals surface area (Å²) in [5.41, 5.74) is 7.48. The summed E-state index contributed by atoms with van der Waals surface area (Å²) in [5.74, 6) is 0. The number of aryl methyl sites for hydroxylation is 1. The zero-order valence-corrected chi connectivity index (χ0v) is 7.66. The third-order valence-electron chi connectivity index (χ3n) is 2.49. The van der Waals surface area contributed by atoms with Gasteiger partial charge in [0.2, 0.25) is 0 Å². The highest BCUT2D eigenvalue weighted by molar-refractivity contribution is 5.63. The number of fused-ring (bicyclic) bond motifs is 1. The Balaban J connectivity index is 2.07. The molecule has 4 heteroatoms. The maximum atomic E-state index is 10.3. The van der Waals surface area contributed by atoms with Crippen molar-refractivity contribution in [3.63, 3.8) is 0 Å². The molecule has 0 heterocycles. The van der Waals surface area contributed by atoms with Crippen molar-refractivity contribution in [2.75, 3.05) is 0 Å². The molecule has 74 valence electrons. The van der Waals surface area contributed by atoms with E-state index >= 15 is 0 Å². The summed E-state index contributed by atoms with van der Waals surface area (Å²) in [6, 6.07) is 8.20. The minimum atomic E-state index is -1.05. The normalized spacial score (nSPS) is 19.0. The first-order valence-corrected chi connectivity index (χ1v) is 4.59. The Hall–Kier alpha value is -1.55. The van der Waals surface area contributed by atoms with Gasteiger partial charge >= 0.3 is 6.09 Å². The molecule has 0 radical (unpaired) electrons. The summed E-state index contributed by atoms with van der Waals surface area (Å²) in [7, 11) is 0. The molecule has 0 aromatic heterocycles. The summed E-state index contributed by atoms with van der Waals surface area (Å²) in [6.07, 6.45) is 0.906. The van der Waals surface area contributed by atoms with Crippen molar-refractivity contribution in [3.8, 4) is 0 Å². The summed E-state index contributed by atoms with van der Waals surface area (Å²) < 4.78 is 0. The number of carbonyl (C=O) groups is 1. The van der Waals surface area contributed by atoms with Crippen LogP contribution in [0.3, 0.4) is 0 Å². The van der Waals surface area contributed by atoms with Crippen LogP contribution in [0.1, 0.15) is 23.6 Å². The molecule has 1 amide bonds. The van der Waals surface area contributed by atoms with Crippen molar-refractivity contribution in [1.82, 2.24) is 10.9 Å². The average Bonchev–Trinajstić information content (AvgIpc) is 2.58. The molecule has 3 N–H and O–H groups in total. The number of amides is 1. The van der Waals surface area contributed by atoms with Gasteiger partial charge in [0.15, 0.2) is 0 Å². The van der Waals surface area contributed by atoms with Gasteiger partial charge in [-0.15, -0.1) is 0 Å². The smallest absolute Gasteiger partial charge is 0.419 e. The van der Waals surface area contributed by atoms with Gasteiger partial charge in [-0.1, -0.05) is 24.3 Å². The lowest BCUT2D eigenvalue weighted by Gasteiger charge is -2.12. The zero-order chi connectivity index (χ0) is 9.97. The van der Waals surface area contributed by atoms with E-state index in [1.807, 2.05) is 18.2 Å². The predicted octanol–water partition coefficient (Wildman–Crippen LogP) is 1.45. The molecule has 14 heavy (non-hydrogen) atoms. The Bertz CT molecular complexity index is 352. The molecule has 1 atom stereocenters. The van der Waals surface area contributed by atoms with Gasteiger partial charge in [0.05, 0.1) is 6.04 Å². The predicted molar refractivity (Wildman–Crippen MR) is 51.8 cm³/mol. The van der Waals surface area contributed by atoms with Gasteiger partial charge < -0.3 is 5.11 Å². The second-order valence-corrected chi connectivity index (χ2v) is 3.36. The molecule has 0 bridgehead atoms. The number of carboxylic acid groups (broad SMARTS) is 1. The standard InChI is InChI=1S/C10H12N2O2/c13-10(14)12-11-9-6-5-7-3-1-2-4-8(7)9/h1-4,9,11-12H,5-6H2,(H,13,14)/t9-/m0/s1. The molecular formula is C10H12N2O2. The van der Waals surface area contributed by atoms with E-state index in [0.29, 0.717) is 0 Å². The van der Waals surface area contributed by atoms with Crippen LogP contribution in [-0.4, -0.2) is 11.2 Å². The van der Waals surface area contributed by atoms with Gasteiger partial charge in [0.1, 0.15) is 0 Å². The number of benzene rings is 1. The van der Waals surface area contributed by atoms with Crippen LogP contribution in [0.5, 0.6) is 0 Å². The zero-order valence-electron chi connectivity index (χ0n) is 7.66. The van der Waals surface area contributed by atoms with Crippen LogP contribution in [0.2, 0.25) is 0 Å². The van der Waals surface area contributed by atoms with Gasteiger partial charge in [-0.25, -0.2) is 10.2 Å². The second-order valence-electron chi connectivity index (χ2n) is 3.36. The minimum Gasteiger partial charge on any atom is -0.464 e. The van der Waals surface area contributed by atoms with Crippen LogP contribution in [0.25, 0.3) is 0 Å². The van der Waals surface area contributed by atoms with Crippen LogP contribution in [0, 0.1) is 0 Å². The van der Waals surface area contributed by atoms with Gasteiger partial charge in [-0.3, -0.25) is 5.43 Å². The van der Waals surface area contributed by atoms with Crippen LogP contribution in [-0.2, 0) is 6.42 Å². The maximum absolute atomic E-state index is 10.3. The molecule has 0 fully saturated rings. The lowest BCUT2D eigenvalue weighted by molar-refractivity contribution is 0.186. The first-order chi connectivity index (χ1) is 6.77. The highest BCUT2D eigenvalue weighted by Gasteiger charge is 2.21. The molecule has 0 spiro atoms. The van der Waals surface area contributed by atoms with Crippen molar-refractivity contribution in [1.29, 1.82) is 0 Å². The number of hydrogen-bond donors (Lipinski definition) is 3. The minimum absolute atomic E-state index is 0.113. The molecule has 0 saturated carbocycles. The SMILES string of the molecule is O=C(O)NN[C@H]1CCc2ccccc21. The maximum Gasteiger partial charge on any atom is 0.419 e. The molecule has 1 aromatic rings. The van der Waals surface area contributed by atoms with Crippen LogP contribution < -0.4 is 10.9 Å². The van der Waals surface area contributed by atoms with Crippen LogP contribution in [0.4, 0.5) is 4.79 Å². The molecule has 4 nitrogen and oxygen atoms in total. The van der Waals surface area contributed by atoms with Gasteiger partial charge in [0.25, 0.3) is 0 Å². The molecule has 0 saturated heterocycles. The summed E-state index contributed by atoms with van der Waals surface area (Å²) in [6.45, 7) is 0. The van der Waals surface area contributed by atoms with E-state index in [2.05, 4.69) is 16.9 Å². The molecule has 1 aromatic carbocycles. The molecule has 1 aliphatic carbocycles. The third-order valence-corrected chi connectivity index (χ3v) is 2.49. The number of nitrogens with one attached hydrogen (secondary N) is 2. The quantitative estimate of drug-likeness (QED) is 0.621. The van der Waals surface area contributed by atoms with E-state index in [0.717, 1.165) is 12.8 Å². The van der Waals surface area contributed by atoms with Crippen molar-refractivity contribution < 1.29 is 9.90 Å². The van der Waals surface area contributed by atoms with E-state index < -0.39 is 6.09 Å². The Kier molecular flexibility index (Phi) is 2.37. The second kappa shape index (κ2) is 3.67. The number of hydrogen-bond acceptors (Lipinski definition) is 2. The lowest BCUT2D eigenvalue weighted by Crippen LogP contribution is -2.38. The first-order valence-electron chi connectivity index (χ1n) is 4.59. The van der Waals surface area contributed by atoms with Crippen molar-refractivity contribution in [2.45, 2.75) is 18.9 Å². The average molecular weight is 192 g/mol. The molecular weight excluding hydrogens is 180 g/mol. The largest absolute Gasteiger partial charge is 0.464 e. The topological polar surface area (TPSA) is 61.4 Å². The lowest BCUT2D eigenvalue weighted by atomic mass is 10.1. The van der Waals surface area contributed by atoms with E-state index in [1.165, 1.54) is 11.1 Å². The Morgan fingerprint density at radius 3 is 3.00 bits per heavy atom. The number of rotatable bonds is 2. The fourth-order valence-electron chi connectivity index (χ4n) is 1.86. The Morgan fingerprint density at radius 1 is 1.43 bits per heavy atom. The number of hydrazine groups is 1. The molecule has 1 aliphatic rings. The first kappa shape index (κ1) is 9.02. The Labute approximate surface area is 81.9 Å². The van der Waals surface area contributed by atoms with Gasteiger partial charge in [-0.05, 0) is 24.0 Å². The third kappa shape index (κ3) is 1.70. The molecule has 0 aliphatic heterocycles. The fourth-order valence-corrected chi connectivity index (χ4v) is 1.86. The highest BCUT2D eigenvalue weighted by Crippen LogP contribution is 2.29. The van der Waals surface area contributed by atoms with Crippen LogP contribution >= 0.6 is 0 Å². The Morgan fingerprint density at radius 2 is 2.21 bits per heavy atom. The van der Waals surface area contributed by atoms with Crippen molar-refractivity contribution >= 4 is 6.09 Å². The van der Waals surface area contributed by atoms with Crippen LogP contribution in [0.15, 0.2) is 24.3 Å². The fraction of sp³-hybridized carbons (Fsp3) is 0.300. The molecule has 0 unspecified atom stereocenters. The molecule has 2 rings (SSSR count). The van der Waals surface area contributed by atoms with E-state index in [4.69, 9.17) is 5.11 Å². The summed E-state index contributed by atoms with van der Waals surface area (Å²) in [4.78, 5) is 10.3. The van der Waals surface area contributed by atoms with E-state index in [1.54, 1.807) is 0 Å². The monoisotopic (exact) mass is 192 g/mol. The highest BCUT2D eigenvalue weighted by atomic mass is 16.4. The van der Waals surface area contributed by atoms with E-state index in [9.17, 15) is 4.79 Å². The van der Waals surface area contributed by atoms with Gasteiger partial charge in [0, 0.05) is 0 Å². The van der Waals surface area contributed by atoms with Gasteiger partial charge in [-0.2, -0.15) is 0 Å². The summed E-state index contributed by atoms with van der Waals surface area (Å²) >= 11 is 0. The van der Waals surface area contributed by atoms with Crippen molar-refractivity contribution in [3.05, 3.63) is 35.4 Å². The van der Waals surface area contributed by atoms with Crippen molar-refractivity contribution in [2.24, 2.45) is 0 Å². The summed E-state index contributed by atoms with van der Waals surface area (Å²) in [5, 5.41) is 8.45.